The van der Waals surface area contributed by atoms with Crippen LogP contribution in [0.15, 0.2) is 64.2 Å². The van der Waals surface area contributed by atoms with Gasteiger partial charge in [-0.1, -0.05) is 18.2 Å². The predicted molar refractivity (Wildman–Crippen MR) is 116 cm³/mol. The topological polar surface area (TPSA) is 58.2 Å². The smallest absolute Gasteiger partial charge is 0.252 e. The van der Waals surface area contributed by atoms with E-state index >= 15 is 0 Å². The molecule has 29 heavy (non-hydrogen) atoms. The molecule has 3 aromatic rings. The molecule has 0 bridgehead atoms. The summed E-state index contributed by atoms with van der Waals surface area (Å²) in [4.78, 5) is 25.5. The molecule has 2 amide bonds. The van der Waals surface area contributed by atoms with E-state index in [1.165, 1.54) is 11.6 Å². The van der Waals surface area contributed by atoms with Crippen molar-refractivity contribution in [2.45, 2.75) is 17.6 Å². The average molecular weight is 429 g/mol. The van der Waals surface area contributed by atoms with Gasteiger partial charge in [-0.3, -0.25) is 9.59 Å². The molecular weight excluding hydrogens is 407 g/mol. The fourth-order valence-electron chi connectivity index (χ4n) is 2.60. The van der Waals surface area contributed by atoms with Crippen LogP contribution in [0.4, 0.5) is 4.39 Å². The number of halogens is 1. The standard InChI is InChI=1S/C22H21FN2O2S2/c1-15-6-7-17(12-19(15)23)21(26)24-9-10-25-22(27)18-4-2-3-5-20(18)29-14-16-8-11-28-13-16/h2-8,11-13H,9-10,14H2,1H3,(H,24,26)(H,25,27). The van der Waals surface area contributed by atoms with E-state index in [9.17, 15) is 14.0 Å². The van der Waals surface area contributed by atoms with Crippen LogP contribution in [-0.4, -0.2) is 24.9 Å². The lowest BCUT2D eigenvalue weighted by Crippen LogP contribution is -2.34. The average Bonchev–Trinajstić information content (AvgIpc) is 3.25. The summed E-state index contributed by atoms with van der Waals surface area (Å²) in [5, 5.41) is 9.64. The van der Waals surface area contributed by atoms with Crippen LogP contribution in [-0.2, 0) is 5.75 Å². The molecule has 0 atom stereocenters. The second-order valence-electron chi connectivity index (χ2n) is 6.39. The van der Waals surface area contributed by atoms with Gasteiger partial charge in [-0.15, -0.1) is 11.8 Å². The monoisotopic (exact) mass is 428 g/mol. The summed E-state index contributed by atoms with van der Waals surface area (Å²) in [6.07, 6.45) is 0. The number of amides is 2. The highest BCUT2D eigenvalue weighted by Crippen LogP contribution is 2.27. The fourth-order valence-corrected chi connectivity index (χ4v) is 4.37. The molecule has 0 radical (unpaired) electrons. The van der Waals surface area contributed by atoms with Crippen molar-refractivity contribution < 1.29 is 14.0 Å². The summed E-state index contributed by atoms with van der Waals surface area (Å²) in [5.74, 6) is -0.168. The maximum Gasteiger partial charge on any atom is 0.252 e. The van der Waals surface area contributed by atoms with Gasteiger partial charge in [0.25, 0.3) is 11.8 Å². The van der Waals surface area contributed by atoms with Gasteiger partial charge in [-0.25, -0.2) is 4.39 Å². The molecular formula is C22H21FN2O2S2. The molecule has 4 nitrogen and oxygen atoms in total. The third-order valence-corrected chi connectivity index (χ3v) is 6.11. The molecule has 2 N–H and O–H groups in total. The molecule has 150 valence electrons. The molecule has 2 aromatic carbocycles. The van der Waals surface area contributed by atoms with Gasteiger partial charge in [0.1, 0.15) is 5.82 Å². The molecule has 0 unspecified atom stereocenters. The Kier molecular flexibility index (Phi) is 7.43. The molecule has 0 spiro atoms. The van der Waals surface area contributed by atoms with Crippen molar-refractivity contribution in [1.29, 1.82) is 0 Å². The molecule has 0 aliphatic carbocycles. The molecule has 0 fully saturated rings. The molecule has 0 saturated heterocycles. The van der Waals surface area contributed by atoms with Gasteiger partial charge in [0, 0.05) is 29.3 Å². The first kappa shape index (κ1) is 21.1. The van der Waals surface area contributed by atoms with E-state index < -0.39 is 5.82 Å². The van der Waals surface area contributed by atoms with Crippen LogP contribution in [0.5, 0.6) is 0 Å². The number of thiophene rings is 1. The highest BCUT2D eigenvalue weighted by atomic mass is 32.2. The summed E-state index contributed by atoms with van der Waals surface area (Å²) < 4.78 is 13.6. The Morgan fingerprint density at radius 1 is 1.03 bits per heavy atom. The molecule has 1 aromatic heterocycles. The Bertz CT molecular complexity index is 990. The van der Waals surface area contributed by atoms with Crippen LogP contribution in [0.25, 0.3) is 0 Å². The first-order chi connectivity index (χ1) is 14.0. The van der Waals surface area contributed by atoms with E-state index in [4.69, 9.17) is 0 Å². The molecule has 7 heteroatoms. The number of nitrogens with one attached hydrogen (secondary N) is 2. The Labute approximate surface area is 177 Å². The van der Waals surface area contributed by atoms with Crippen LogP contribution >= 0.6 is 23.1 Å². The maximum absolute atomic E-state index is 13.6. The third-order valence-electron chi connectivity index (χ3n) is 4.24. The lowest BCUT2D eigenvalue weighted by molar-refractivity contribution is 0.0926. The number of hydrogen-bond donors (Lipinski definition) is 2. The van der Waals surface area contributed by atoms with Crippen LogP contribution in [0.3, 0.4) is 0 Å². The highest BCUT2D eigenvalue weighted by Gasteiger charge is 2.12. The van der Waals surface area contributed by atoms with Crippen molar-refractivity contribution in [1.82, 2.24) is 10.6 Å². The normalized spacial score (nSPS) is 10.6. The summed E-state index contributed by atoms with van der Waals surface area (Å²) >= 11 is 3.27. The molecule has 0 aliphatic rings. The minimum Gasteiger partial charge on any atom is -0.350 e. The Morgan fingerprint density at radius 3 is 2.52 bits per heavy atom. The van der Waals surface area contributed by atoms with Gasteiger partial charge in [-0.05, 0) is 59.1 Å². The molecule has 0 aliphatic heterocycles. The molecule has 0 saturated carbocycles. The third kappa shape index (κ3) is 5.92. The zero-order chi connectivity index (χ0) is 20.6. The van der Waals surface area contributed by atoms with Gasteiger partial charge < -0.3 is 10.6 Å². The van der Waals surface area contributed by atoms with Crippen LogP contribution < -0.4 is 10.6 Å². The summed E-state index contributed by atoms with van der Waals surface area (Å²) in [7, 11) is 0. The number of hydrogen-bond acceptors (Lipinski definition) is 4. The lowest BCUT2D eigenvalue weighted by Gasteiger charge is -2.10. The SMILES string of the molecule is Cc1ccc(C(=O)NCCNC(=O)c2ccccc2SCc2ccsc2)cc1F. The lowest BCUT2D eigenvalue weighted by atomic mass is 10.1. The Morgan fingerprint density at radius 2 is 1.79 bits per heavy atom. The van der Waals surface area contributed by atoms with Crippen LogP contribution in [0.1, 0.15) is 31.8 Å². The molecule has 3 rings (SSSR count). The van der Waals surface area contributed by atoms with Crippen molar-refractivity contribution in [3.63, 3.8) is 0 Å². The van der Waals surface area contributed by atoms with Gasteiger partial charge in [0.05, 0.1) is 5.56 Å². The number of aryl methyl sites for hydroxylation is 1. The summed E-state index contributed by atoms with van der Waals surface area (Å²) in [6.45, 7) is 2.18. The van der Waals surface area contributed by atoms with E-state index in [0.29, 0.717) is 11.1 Å². The Balaban J connectivity index is 1.49. The first-order valence-corrected chi connectivity index (χ1v) is 11.0. The fraction of sp³-hybridized carbons (Fsp3) is 0.182. The van der Waals surface area contributed by atoms with Crippen molar-refractivity contribution in [3.05, 3.63) is 87.4 Å². The quantitative estimate of drug-likeness (QED) is 0.406. The number of benzene rings is 2. The first-order valence-electron chi connectivity index (χ1n) is 9.10. The number of rotatable bonds is 8. The van der Waals surface area contributed by atoms with Gasteiger partial charge >= 0.3 is 0 Å². The van der Waals surface area contributed by atoms with Gasteiger partial charge in [0.2, 0.25) is 0 Å². The largest absolute Gasteiger partial charge is 0.350 e. The summed E-state index contributed by atoms with van der Waals surface area (Å²) in [6, 6.07) is 13.9. The number of carbonyl (C=O) groups excluding carboxylic acids is 2. The van der Waals surface area contributed by atoms with E-state index in [1.807, 2.05) is 23.6 Å². The van der Waals surface area contributed by atoms with Crippen molar-refractivity contribution in [3.8, 4) is 0 Å². The van der Waals surface area contributed by atoms with E-state index in [2.05, 4.69) is 22.1 Å². The van der Waals surface area contributed by atoms with Crippen molar-refractivity contribution in [2.75, 3.05) is 13.1 Å². The second kappa shape index (κ2) is 10.2. The van der Waals surface area contributed by atoms with Crippen molar-refractivity contribution >= 4 is 34.9 Å². The summed E-state index contributed by atoms with van der Waals surface area (Å²) in [5.41, 5.74) is 2.59. The van der Waals surface area contributed by atoms with E-state index in [0.717, 1.165) is 10.6 Å². The van der Waals surface area contributed by atoms with Gasteiger partial charge in [0.15, 0.2) is 0 Å². The zero-order valence-electron chi connectivity index (χ0n) is 15.9. The minimum atomic E-state index is -0.414. The Hall–Kier alpha value is -2.64. The minimum absolute atomic E-state index is 0.186. The predicted octanol–water partition coefficient (Wildman–Crippen LogP) is 4.65. The zero-order valence-corrected chi connectivity index (χ0v) is 17.5. The second-order valence-corrected chi connectivity index (χ2v) is 8.19. The number of carbonyl (C=O) groups is 2. The van der Waals surface area contributed by atoms with E-state index in [1.54, 1.807) is 48.2 Å². The van der Waals surface area contributed by atoms with Crippen LogP contribution in [0, 0.1) is 12.7 Å². The molecule has 1 heterocycles. The highest BCUT2D eigenvalue weighted by molar-refractivity contribution is 7.98. The maximum atomic E-state index is 13.6. The van der Waals surface area contributed by atoms with Crippen LogP contribution in [0.2, 0.25) is 0 Å². The van der Waals surface area contributed by atoms with Crippen molar-refractivity contribution in [2.24, 2.45) is 0 Å². The van der Waals surface area contributed by atoms with E-state index in [-0.39, 0.29) is 30.5 Å². The number of thioether (sulfide) groups is 1. The van der Waals surface area contributed by atoms with Gasteiger partial charge in [-0.2, -0.15) is 11.3 Å².